The molecule has 2 rings (SSSR count). The van der Waals surface area contributed by atoms with Crippen molar-refractivity contribution >= 4 is 10.0 Å². The maximum absolute atomic E-state index is 12.4. The van der Waals surface area contributed by atoms with Crippen LogP contribution in [-0.4, -0.2) is 21.4 Å². The van der Waals surface area contributed by atoms with Gasteiger partial charge >= 0.3 is 13.0 Å². The summed E-state index contributed by atoms with van der Waals surface area (Å²) in [5, 5.41) is 0. The molecular weight excluding hydrogens is 397 g/mol. The van der Waals surface area contributed by atoms with Crippen molar-refractivity contribution in [3.05, 3.63) is 54.1 Å². The monoisotopic (exact) mass is 411 g/mol. The van der Waals surface area contributed by atoms with E-state index in [0.29, 0.717) is 5.56 Å². The quantitative estimate of drug-likeness (QED) is 0.693. The third-order valence-corrected chi connectivity index (χ3v) is 4.80. The zero-order chi connectivity index (χ0) is 20.2. The first-order chi connectivity index (χ1) is 12.5. The number of nitrogens with one attached hydrogen (secondary N) is 1. The molecule has 27 heavy (non-hydrogen) atoms. The summed E-state index contributed by atoms with van der Waals surface area (Å²) in [6, 6.07) is 8.37. The van der Waals surface area contributed by atoms with Gasteiger partial charge in [-0.05, 0) is 36.8 Å². The summed E-state index contributed by atoms with van der Waals surface area (Å²) in [5.74, 6) is -0.848. The highest BCUT2D eigenvalue weighted by atomic mass is 32.2. The van der Waals surface area contributed by atoms with Crippen LogP contribution in [0.15, 0.2) is 53.4 Å². The van der Waals surface area contributed by atoms with E-state index in [4.69, 9.17) is 0 Å². The van der Waals surface area contributed by atoms with E-state index in [1.165, 1.54) is 31.2 Å². The van der Waals surface area contributed by atoms with Crippen LogP contribution >= 0.6 is 0 Å². The van der Waals surface area contributed by atoms with E-state index in [1.807, 2.05) is 0 Å². The Kier molecular flexibility index (Phi) is 6.26. The van der Waals surface area contributed by atoms with Crippen molar-refractivity contribution in [1.29, 1.82) is 0 Å². The van der Waals surface area contributed by atoms with Crippen LogP contribution in [0, 0.1) is 0 Å². The van der Waals surface area contributed by atoms with Gasteiger partial charge in [-0.2, -0.15) is 8.78 Å². The Bertz CT molecular complexity index is 886. The van der Waals surface area contributed by atoms with Gasteiger partial charge in [-0.1, -0.05) is 18.2 Å². The summed E-state index contributed by atoms with van der Waals surface area (Å²) in [6.45, 7) is -1.60. The molecule has 0 aliphatic rings. The second-order valence-corrected chi connectivity index (χ2v) is 7.03. The summed E-state index contributed by atoms with van der Waals surface area (Å²) in [6.07, 6.45) is -4.96. The molecule has 0 amide bonds. The molecule has 11 heteroatoms. The zero-order valence-electron chi connectivity index (χ0n) is 13.7. The highest BCUT2D eigenvalue weighted by molar-refractivity contribution is 7.89. The van der Waals surface area contributed by atoms with E-state index >= 15 is 0 Å². The van der Waals surface area contributed by atoms with Crippen LogP contribution in [0.25, 0.3) is 0 Å². The van der Waals surface area contributed by atoms with Crippen molar-refractivity contribution in [1.82, 2.24) is 4.72 Å². The van der Waals surface area contributed by atoms with Crippen LogP contribution in [0.5, 0.6) is 11.5 Å². The van der Waals surface area contributed by atoms with Gasteiger partial charge in [0.1, 0.15) is 11.5 Å². The number of halogens is 5. The fourth-order valence-corrected chi connectivity index (χ4v) is 3.43. The molecule has 0 bridgehead atoms. The number of ether oxygens (including phenoxy) is 2. The van der Waals surface area contributed by atoms with Crippen LogP contribution < -0.4 is 14.2 Å². The summed E-state index contributed by atoms with van der Waals surface area (Å²) >= 11 is 0. The molecule has 0 saturated heterocycles. The Labute approximate surface area is 151 Å². The molecule has 0 saturated carbocycles. The maximum Gasteiger partial charge on any atom is 0.573 e. The number of rotatable bonds is 7. The molecule has 0 aromatic heterocycles. The topological polar surface area (TPSA) is 64.6 Å². The molecule has 0 radical (unpaired) electrons. The van der Waals surface area contributed by atoms with Crippen LogP contribution in [0.4, 0.5) is 22.0 Å². The van der Waals surface area contributed by atoms with Crippen molar-refractivity contribution < 1.29 is 39.8 Å². The van der Waals surface area contributed by atoms with Crippen LogP contribution in [0.1, 0.15) is 18.5 Å². The predicted molar refractivity (Wildman–Crippen MR) is 84.9 cm³/mol. The lowest BCUT2D eigenvalue weighted by molar-refractivity contribution is -0.274. The standard InChI is InChI=1S/C16H14F5NO4S/c1-10(11-4-2-5-12(8-11)25-15(17)18)22-27(23,24)14-7-3-6-13(9-14)26-16(19,20)21/h2-10,15,22H,1H3. The second-order valence-electron chi connectivity index (χ2n) is 5.32. The third-order valence-electron chi connectivity index (χ3n) is 3.26. The fourth-order valence-electron chi connectivity index (χ4n) is 2.17. The summed E-state index contributed by atoms with van der Waals surface area (Å²) < 4.78 is 96.4. The second kappa shape index (κ2) is 8.09. The molecule has 0 fully saturated rings. The van der Waals surface area contributed by atoms with Gasteiger partial charge in [0.25, 0.3) is 0 Å². The normalized spacial score (nSPS) is 13.4. The summed E-state index contributed by atoms with van der Waals surface area (Å²) in [7, 11) is -4.21. The van der Waals surface area contributed by atoms with Gasteiger partial charge < -0.3 is 9.47 Å². The van der Waals surface area contributed by atoms with Crippen LogP contribution in [0.3, 0.4) is 0 Å². The van der Waals surface area contributed by atoms with Crippen molar-refractivity contribution in [3.63, 3.8) is 0 Å². The Morgan fingerprint density at radius 3 is 2.26 bits per heavy atom. The minimum Gasteiger partial charge on any atom is -0.435 e. The first-order valence-electron chi connectivity index (χ1n) is 7.39. The average Bonchev–Trinajstić information content (AvgIpc) is 2.52. The summed E-state index contributed by atoms with van der Waals surface area (Å²) in [5.41, 5.74) is 0.319. The first-order valence-corrected chi connectivity index (χ1v) is 8.87. The largest absolute Gasteiger partial charge is 0.573 e. The van der Waals surface area contributed by atoms with Crippen LogP contribution in [0.2, 0.25) is 0 Å². The Hall–Kier alpha value is -2.40. The number of alkyl halides is 5. The third kappa shape index (κ3) is 6.36. The lowest BCUT2D eigenvalue weighted by Crippen LogP contribution is -2.27. The van der Waals surface area contributed by atoms with Crippen molar-refractivity contribution in [2.75, 3.05) is 0 Å². The molecule has 0 aliphatic heterocycles. The minimum absolute atomic E-state index is 0.158. The van der Waals surface area contributed by atoms with E-state index in [2.05, 4.69) is 14.2 Å². The average molecular weight is 411 g/mol. The number of hydrogen-bond donors (Lipinski definition) is 1. The molecule has 2 aromatic rings. The van der Waals surface area contributed by atoms with E-state index in [9.17, 15) is 30.4 Å². The van der Waals surface area contributed by atoms with Crippen molar-refractivity contribution in [2.45, 2.75) is 30.8 Å². The van der Waals surface area contributed by atoms with E-state index < -0.39 is 39.7 Å². The highest BCUT2D eigenvalue weighted by Gasteiger charge is 2.31. The zero-order valence-corrected chi connectivity index (χ0v) is 14.5. The minimum atomic E-state index is -4.96. The van der Waals surface area contributed by atoms with Gasteiger partial charge in [0, 0.05) is 12.1 Å². The van der Waals surface area contributed by atoms with Gasteiger partial charge in [0.15, 0.2) is 0 Å². The Balaban J connectivity index is 2.19. The molecular formula is C16H14F5NO4S. The molecule has 0 heterocycles. The highest BCUT2D eigenvalue weighted by Crippen LogP contribution is 2.26. The van der Waals surface area contributed by atoms with Gasteiger partial charge in [-0.25, -0.2) is 13.1 Å². The van der Waals surface area contributed by atoms with Gasteiger partial charge in [-0.15, -0.1) is 13.2 Å². The van der Waals surface area contributed by atoms with E-state index in [0.717, 1.165) is 24.3 Å². The molecule has 148 valence electrons. The van der Waals surface area contributed by atoms with Gasteiger partial charge in [0.2, 0.25) is 10.0 Å². The van der Waals surface area contributed by atoms with E-state index in [1.54, 1.807) is 0 Å². The van der Waals surface area contributed by atoms with Crippen LogP contribution in [-0.2, 0) is 10.0 Å². The van der Waals surface area contributed by atoms with Gasteiger partial charge in [0.05, 0.1) is 4.90 Å². The Morgan fingerprint density at radius 1 is 1.00 bits per heavy atom. The smallest absolute Gasteiger partial charge is 0.435 e. The molecule has 0 aliphatic carbocycles. The SMILES string of the molecule is CC(NS(=O)(=O)c1cccc(OC(F)(F)F)c1)c1cccc(OC(F)F)c1. The summed E-state index contributed by atoms with van der Waals surface area (Å²) in [4.78, 5) is -0.448. The molecule has 1 N–H and O–H groups in total. The molecule has 0 spiro atoms. The Morgan fingerprint density at radius 2 is 1.63 bits per heavy atom. The van der Waals surface area contributed by atoms with Crippen molar-refractivity contribution in [3.8, 4) is 11.5 Å². The molecule has 1 unspecified atom stereocenters. The van der Waals surface area contributed by atoms with Crippen molar-refractivity contribution in [2.24, 2.45) is 0 Å². The lowest BCUT2D eigenvalue weighted by Gasteiger charge is -2.16. The molecule has 1 atom stereocenters. The maximum atomic E-state index is 12.4. The fraction of sp³-hybridized carbons (Fsp3) is 0.250. The molecule has 5 nitrogen and oxygen atoms in total. The van der Waals surface area contributed by atoms with Gasteiger partial charge in [-0.3, -0.25) is 0 Å². The molecule has 2 aromatic carbocycles. The number of hydrogen-bond acceptors (Lipinski definition) is 4. The van der Waals surface area contributed by atoms with E-state index in [-0.39, 0.29) is 5.75 Å². The number of benzene rings is 2. The lowest BCUT2D eigenvalue weighted by atomic mass is 10.1. The predicted octanol–water partition coefficient (Wildman–Crippen LogP) is 4.23. The first kappa shape index (κ1) is 20.9. The number of sulfonamides is 1.